The number of benzene rings is 1. The zero-order valence-electron chi connectivity index (χ0n) is 10.7. The molecular formula is C14H15ClN2O2. The molecule has 1 fully saturated rings. The maximum Gasteiger partial charge on any atom is 0.329 e. The summed E-state index contributed by atoms with van der Waals surface area (Å²) in [6, 6.07) is 7.09. The molecule has 1 unspecified atom stereocenters. The van der Waals surface area contributed by atoms with Gasteiger partial charge in [0.2, 0.25) is 0 Å². The van der Waals surface area contributed by atoms with Gasteiger partial charge in [-0.2, -0.15) is 5.26 Å². The van der Waals surface area contributed by atoms with Gasteiger partial charge in [-0.05, 0) is 44.4 Å². The van der Waals surface area contributed by atoms with E-state index in [1.807, 2.05) is 4.90 Å². The van der Waals surface area contributed by atoms with E-state index in [1.165, 1.54) is 0 Å². The monoisotopic (exact) mass is 278 g/mol. The first-order valence-electron chi connectivity index (χ1n) is 6.20. The van der Waals surface area contributed by atoms with Crippen LogP contribution in [0, 0.1) is 11.3 Å². The molecule has 1 aromatic rings. The van der Waals surface area contributed by atoms with Crippen LogP contribution in [0.4, 0.5) is 5.69 Å². The molecule has 0 aromatic heterocycles. The van der Waals surface area contributed by atoms with Crippen molar-refractivity contribution in [3.63, 3.8) is 0 Å². The van der Waals surface area contributed by atoms with Crippen molar-refractivity contribution in [3.8, 4) is 6.07 Å². The van der Waals surface area contributed by atoms with Gasteiger partial charge in [0.1, 0.15) is 11.6 Å². The second kappa shape index (κ2) is 5.10. The lowest BCUT2D eigenvalue weighted by molar-refractivity contribution is -0.143. The fourth-order valence-corrected chi connectivity index (χ4v) is 2.73. The van der Waals surface area contributed by atoms with Crippen LogP contribution in [0.2, 0.25) is 5.02 Å². The minimum absolute atomic E-state index is 0.418. The number of nitriles is 1. The van der Waals surface area contributed by atoms with Crippen molar-refractivity contribution in [2.45, 2.75) is 31.7 Å². The molecule has 1 atom stereocenters. The molecule has 19 heavy (non-hydrogen) atoms. The number of piperidine rings is 1. The average molecular weight is 279 g/mol. The molecule has 1 aromatic carbocycles. The topological polar surface area (TPSA) is 64.3 Å². The summed E-state index contributed by atoms with van der Waals surface area (Å²) in [5.74, 6) is -0.856. The van der Waals surface area contributed by atoms with Crippen LogP contribution in [0.15, 0.2) is 18.2 Å². The molecule has 0 saturated carbocycles. The Hall–Kier alpha value is -1.73. The van der Waals surface area contributed by atoms with Crippen LogP contribution in [0.25, 0.3) is 0 Å². The predicted molar refractivity (Wildman–Crippen MR) is 73.4 cm³/mol. The predicted octanol–water partition coefficient (Wildman–Crippen LogP) is 3.05. The van der Waals surface area contributed by atoms with Crippen molar-refractivity contribution in [3.05, 3.63) is 28.8 Å². The van der Waals surface area contributed by atoms with E-state index in [0.29, 0.717) is 29.2 Å². The van der Waals surface area contributed by atoms with Gasteiger partial charge in [0.15, 0.2) is 0 Å². The van der Waals surface area contributed by atoms with Crippen LogP contribution in [-0.2, 0) is 4.79 Å². The molecule has 1 saturated heterocycles. The average Bonchev–Trinajstić information content (AvgIpc) is 2.39. The van der Waals surface area contributed by atoms with E-state index in [2.05, 4.69) is 6.07 Å². The van der Waals surface area contributed by atoms with Crippen LogP contribution < -0.4 is 4.90 Å². The molecule has 2 rings (SSSR count). The van der Waals surface area contributed by atoms with E-state index in [-0.39, 0.29) is 0 Å². The van der Waals surface area contributed by atoms with Crippen molar-refractivity contribution < 1.29 is 9.90 Å². The number of carbonyl (C=O) groups is 1. The number of anilines is 1. The van der Waals surface area contributed by atoms with E-state index >= 15 is 0 Å². The van der Waals surface area contributed by atoms with Gasteiger partial charge >= 0.3 is 5.97 Å². The van der Waals surface area contributed by atoms with Gasteiger partial charge in [-0.15, -0.1) is 0 Å². The minimum atomic E-state index is -0.961. The summed E-state index contributed by atoms with van der Waals surface area (Å²) in [4.78, 5) is 13.4. The fourth-order valence-electron chi connectivity index (χ4n) is 2.56. The third kappa shape index (κ3) is 2.39. The highest BCUT2D eigenvalue weighted by atomic mass is 35.5. The molecule has 100 valence electrons. The van der Waals surface area contributed by atoms with Gasteiger partial charge in [0.05, 0.1) is 11.3 Å². The standard InChI is InChI=1S/C14H15ClN2O2/c1-14(13(18)19)6-2-3-7-17(14)12-5-4-11(15)8-10(12)9-16/h4-5,8H,2-3,6-7H2,1H3,(H,18,19). The first-order chi connectivity index (χ1) is 8.99. The van der Waals surface area contributed by atoms with Gasteiger partial charge in [0.25, 0.3) is 0 Å². The molecule has 0 aliphatic carbocycles. The molecule has 1 heterocycles. The summed E-state index contributed by atoms with van der Waals surface area (Å²) >= 11 is 5.88. The number of carboxylic acids is 1. The smallest absolute Gasteiger partial charge is 0.329 e. The molecule has 4 nitrogen and oxygen atoms in total. The number of halogens is 1. The molecule has 1 aliphatic heterocycles. The zero-order chi connectivity index (χ0) is 14.0. The minimum Gasteiger partial charge on any atom is -0.480 e. The van der Waals surface area contributed by atoms with Crippen molar-refractivity contribution in [2.75, 3.05) is 11.4 Å². The first-order valence-corrected chi connectivity index (χ1v) is 6.57. The maximum atomic E-state index is 11.6. The molecule has 0 bridgehead atoms. The molecule has 1 N–H and O–H groups in total. The lowest BCUT2D eigenvalue weighted by Gasteiger charge is -2.43. The normalized spacial score (nSPS) is 22.9. The third-order valence-corrected chi connectivity index (χ3v) is 3.96. The number of hydrogen-bond acceptors (Lipinski definition) is 3. The second-order valence-electron chi connectivity index (χ2n) is 4.96. The third-order valence-electron chi connectivity index (χ3n) is 3.72. The highest BCUT2D eigenvalue weighted by molar-refractivity contribution is 6.30. The Bertz CT molecular complexity index is 553. The van der Waals surface area contributed by atoms with E-state index < -0.39 is 11.5 Å². The number of aliphatic carboxylic acids is 1. The largest absolute Gasteiger partial charge is 0.480 e. The van der Waals surface area contributed by atoms with Crippen LogP contribution >= 0.6 is 11.6 Å². The second-order valence-corrected chi connectivity index (χ2v) is 5.40. The maximum absolute atomic E-state index is 11.6. The Balaban J connectivity index is 2.50. The fraction of sp³-hybridized carbons (Fsp3) is 0.429. The summed E-state index contributed by atoms with van der Waals surface area (Å²) in [5.41, 5.74) is 0.107. The lowest BCUT2D eigenvalue weighted by Crippen LogP contribution is -2.55. The first kappa shape index (κ1) is 13.7. The summed E-state index contributed by atoms with van der Waals surface area (Å²) in [5, 5.41) is 19.2. The summed E-state index contributed by atoms with van der Waals surface area (Å²) in [7, 11) is 0. The molecular weight excluding hydrogens is 264 g/mol. The van der Waals surface area contributed by atoms with Crippen LogP contribution in [0.1, 0.15) is 31.7 Å². The SMILES string of the molecule is CC1(C(=O)O)CCCCN1c1ccc(Cl)cc1C#N. The van der Waals surface area contributed by atoms with Crippen LogP contribution in [-0.4, -0.2) is 23.2 Å². The Kier molecular flexibility index (Phi) is 3.68. The lowest BCUT2D eigenvalue weighted by atomic mass is 9.87. The van der Waals surface area contributed by atoms with Gasteiger partial charge in [-0.3, -0.25) is 0 Å². The quantitative estimate of drug-likeness (QED) is 0.903. The van der Waals surface area contributed by atoms with Gasteiger partial charge in [-0.25, -0.2) is 4.79 Å². The number of nitrogens with zero attached hydrogens (tertiary/aromatic N) is 2. The summed E-state index contributed by atoms with van der Waals surface area (Å²) in [6.07, 6.45) is 2.39. The van der Waals surface area contributed by atoms with Crippen molar-refractivity contribution in [1.29, 1.82) is 5.26 Å². The van der Waals surface area contributed by atoms with E-state index in [4.69, 9.17) is 11.6 Å². The van der Waals surface area contributed by atoms with Gasteiger partial charge in [-0.1, -0.05) is 11.6 Å². The molecule has 5 heteroatoms. The van der Waals surface area contributed by atoms with E-state index in [0.717, 1.165) is 12.8 Å². The van der Waals surface area contributed by atoms with Crippen molar-refractivity contribution >= 4 is 23.3 Å². The Morgan fingerprint density at radius 3 is 2.89 bits per heavy atom. The van der Waals surface area contributed by atoms with E-state index in [1.54, 1.807) is 25.1 Å². The van der Waals surface area contributed by atoms with Crippen molar-refractivity contribution in [1.82, 2.24) is 0 Å². The molecule has 0 radical (unpaired) electrons. The van der Waals surface area contributed by atoms with Crippen LogP contribution in [0.3, 0.4) is 0 Å². The Morgan fingerprint density at radius 1 is 1.53 bits per heavy atom. The zero-order valence-corrected chi connectivity index (χ0v) is 11.4. The van der Waals surface area contributed by atoms with E-state index in [9.17, 15) is 15.2 Å². The number of hydrogen-bond donors (Lipinski definition) is 1. The number of carboxylic acid groups (broad SMARTS) is 1. The molecule has 0 spiro atoms. The summed E-state index contributed by atoms with van der Waals surface area (Å²) in [6.45, 7) is 2.35. The molecule has 0 amide bonds. The summed E-state index contributed by atoms with van der Waals surface area (Å²) < 4.78 is 0. The van der Waals surface area contributed by atoms with Crippen molar-refractivity contribution in [2.24, 2.45) is 0 Å². The number of rotatable bonds is 2. The molecule has 1 aliphatic rings. The van der Waals surface area contributed by atoms with Crippen LogP contribution in [0.5, 0.6) is 0 Å². The highest BCUT2D eigenvalue weighted by Gasteiger charge is 2.42. The van der Waals surface area contributed by atoms with Gasteiger partial charge < -0.3 is 10.0 Å². The Labute approximate surface area is 117 Å². The Morgan fingerprint density at radius 2 is 2.26 bits per heavy atom. The van der Waals surface area contributed by atoms with Gasteiger partial charge in [0, 0.05) is 11.6 Å². The highest BCUT2D eigenvalue weighted by Crippen LogP contribution is 2.35.